The van der Waals surface area contributed by atoms with Gasteiger partial charge in [-0.25, -0.2) is 0 Å². The lowest BCUT2D eigenvalue weighted by molar-refractivity contribution is -0.146. The second kappa shape index (κ2) is 11.4. The van der Waals surface area contributed by atoms with E-state index in [1.807, 2.05) is 0 Å². The number of hydrogen-bond acceptors (Lipinski definition) is 7. The number of piperazine rings is 1. The Morgan fingerprint density at radius 2 is 1.92 bits per heavy atom. The lowest BCUT2D eigenvalue weighted by atomic mass is 9.79. The Hall–Kier alpha value is -2.66. The largest absolute Gasteiger partial charge is 0.351 e. The predicted octanol–water partition coefficient (Wildman–Crippen LogP) is 1.98. The highest BCUT2D eigenvalue weighted by Gasteiger charge is 2.42. The van der Waals surface area contributed by atoms with E-state index in [0.29, 0.717) is 36.3 Å². The number of fused-ring (bicyclic) bond motifs is 1. The lowest BCUT2D eigenvalue weighted by Crippen LogP contribution is -2.62. The molecule has 3 aliphatic rings. The van der Waals surface area contributed by atoms with Crippen molar-refractivity contribution < 1.29 is 18.9 Å². The maximum absolute atomic E-state index is 13.3. The van der Waals surface area contributed by atoms with Gasteiger partial charge in [0.05, 0.1) is 28.8 Å². The topological polar surface area (TPSA) is 111 Å². The smallest absolute Gasteiger partial charge is 0.292 e. The fourth-order valence-corrected chi connectivity index (χ4v) is 5.84. The molecule has 1 aromatic heterocycles. The van der Waals surface area contributed by atoms with Crippen molar-refractivity contribution in [2.24, 2.45) is 5.92 Å². The zero-order valence-electron chi connectivity index (χ0n) is 20.4. The number of carbonyl (C=O) groups is 3. The Kier molecular flexibility index (Phi) is 7.99. The van der Waals surface area contributed by atoms with Gasteiger partial charge in [-0.05, 0) is 37.0 Å². The van der Waals surface area contributed by atoms with Gasteiger partial charge in [0, 0.05) is 50.9 Å². The number of rotatable bonds is 6. The van der Waals surface area contributed by atoms with Crippen molar-refractivity contribution in [1.29, 1.82) is 0 Å². The standard InChI is InChI=1S/C25H30Cl2N6O4/c26-19-3-1-16(11-20(19)27)13-28-23(34)14-33-15-29-21-4-2-17(12-18(21)24(33)35)31-7-9-32(10-8-31)25(36)22-5-6-30-37-22/h1,3,5-6,11,17-18,21,29H,2,4,7-10,12-15H2,(H,28,34). The third-order valence-corrected chi connectivity index (χ3v) is 8.31. The number of halogens is 2. The molecule has 3 atom stereocenters. The fourth-order valence-electron chi connectivity index (χ4n) is 5.52. The average Bonchev–Trinajstić information content (AvgIpc) is 3.46. The van der Waals surface area contributed by atoms with Crippen LogP contribution in [0.15, 0.2) is 35.0 Å². The number of nitrogens with zero attached hydrogens (tertiary/aromatic N) is 4. The second-order valence-corrected chi connectivity index (χ2v) is 10.6. The Morgan fingerprint density at radius 3 is 2.65 bits per heavy atom. The van der Waals surface area contributed by atoms with Crippen molar-refractivity contribution in [2.45, 2.75) is 37.9 Å². The highest BCUT2D eigenvalue weighted by molar-refractivity contribution is 6.42. The molecular formula is C25H30Cl2N6O4. The van der Waals surface area contributed by atoms with Crippen LogP contribution in [0, 0.1) is 5.92 Å². The molecule has 2 N–H and O–H groups in total. The van der Waals surface area contributed by atoms with Crippen LogP contribution in [0.5, 0.6) is 0 Å². The first kappa shape index (κ1) is 26.0. The van der Waals surface area contributed by atoms with Crippen LogP contribution in [0.1, 0.15) is 35.4 Å². The van der Waals surface area contributed by atoms with Gasteiger partial charge in [-0.15, -0.1) is 0 Å². The fraction of sp³-hybridized carbons (Fsp3) is 0.520. The van der Waals surface area contributed by atoms with Gasteiger partial charge in [0.15, 0.2) is 0 Å². The molecule has 10 nitrogen and oxygen atoms in total. The lowest BCUT2D eigenvalue weighted by Gasteiger charge is -2.47. The maximum atomic E-state index is 13.3. The number of hydrogen-bond donors (Lipinski definition) is 2. The maximum Gasteiger partial charge on any atom is 0.292 e. The second-order valence-electron chi connectivity index (χ2n) is 9.81. The average molecular weight is 549 g/mol. The number of benzene rings is 1. The van der Waals surface area contributed by atoms with Crippen molar-refractivity contribution in [3.8, 4) is 0 Å². The van der Waals surface area contributed by atoms with Gasteiger partial charge in [0.1, 0.15) is 6.54 Å². The third-order valence-electron chi connectivity index (χ3n) is 7.57. The Bertz CT molecular complexity index is 1140. The number of aromatic nitrogens is 1. The van der Waals surface area contributed by atoms with Crippen molar-refractivity contribution in [2.75, 3.05) is 39.4 Å². The number of carbonyl (C=O) groups excluding carboxylic acids is 3. The quantitative estimate of drug-likeness (QED) is 0.567. The van der Waals surface area contributed by atoms with Gasteiger partial charge >= 0.3 is 0 Å². The first-order valence-corrected chi connectivity index (χ1v) is 13.3. The summed E-state index contributed by atoms with van der Waals surface area (Å²) >= 11 is 12.0. The number of nitrogens with one attached hydrogen (secondary N) is 2. The molecule has 3 amide bonds. The highest BCUT2D eigenvalue weighted by atomic mass is 35.5. The molecule has 2 aromatic rings. The zero-order chi connectivity index (χ0) is 25.9. The molecule has 1 aliphatic carbocycles. The van der Waals surface area contributed by atoms with Crippen LogP contribution in [-0.2, 0) is 16.1 Å². The van der Waals surface area contributed by atoms with E-state index in [0.717, 1.165) is 37.9 Å². The van der Waals surface area contributed by atoms with Gasteiger partial charge < -0.3 is 19.6 Å². The minimum Gasteiger partial charge on any atom is -0.351 e. The summed E-state index contributed by atoms with van der Waals surface area (Å²) in [5.74, 6) is -0.240. The SMILES string of the molecule is O=C(CN1CNC2CCC(N3CCN(C(=O)c4ccno4)CC3)CC2C1=O)NCc1ccc(Cl)c(Cl)c1. The molecule has 5 rings (SSSR count). The predicted molar refractivity (Wildman–Crippen MR) is 137 cm³/mol. The monoisotopic (exact) mass is 548 g/mol. The Balaban J connectivity index is 1.11. The summed E-state index contributed by atoms with van der Waals surface area (Å²) in [7, 11) is 0. The van der Waals surface area contributed by atoms with Gasteiger partial charge in [-0.3, -0.25) is 24.6 Å². The van der Waals surface area contributed by atoms with Gasteiger partial charge in [0.25, 0.3) is 5.91 Å². The summed E-state index contributed by atoms with van der Waals surface area (Å²) in [5.41, 5.74) is 0.837. The third kappa shape index (κ3) is 5.93. The van der Waals surface area contributed by atoms with Crippen LogP contribution < -0.4 is 10.6 Å². The van der Waals surface area contributed by atoms with Crippen LogP contribution in [0.4, 0.5) is 0 Å². The molecule has 2 saturated heterocycles. The summed E-state index contributed by atoms with van der Waals surface area (Å²) < 4.78 is 5.00. The molecule has 0 spiro atoms. The minimum absolute atomic E-state index is 0.00344. The summed E-state index contributed by atoms with van der Waals surface area (Å²) in [6.07, 6.45) is 4.13. The normalized spacial score (nSPS) is 24.6. The van der Waals surface area contributed by atoms with Crippen LogP contribution in [0.3, 0.4) is 0 Å². The van der Waals surface area contributed by atoms with Crippen LogP contribution in [0.2, 0.25) is 10.0 Å². The molecule has 37 heavy (non-hydrogen) atoms. The Labute approximate surface area is 225 Å². The van der Waals surface area contributed by atoms with E-state index in [1.165, 1.54) is 6.20 Å². The van der Waals surface area contributed by atoms with E-state index in [9.17, 15) is 14.4 Å². The molecule has 12 heteroatoms. The summed E-state index contributed by atoms with van der Waals surface area (Å²) in [4.78, 5) is 44.2. The molecule has 3 heterocycles. The van der Waals surface area contributed by atoms with Crippen LogP contribution >= 0.6 is 23.2 Å². The molecule has 3 fully saturated rings. The molecule has 198 valence electrons. The summed E-state index contributed by atoms with van der Waals surface area (Å²) in [6.45, 7) is 3.42. The van der Waals surface area contributed by atoms with Gasteiger partial charge in [-0.2, -0.15) is 0 Å². The minimum atomic E-state index is -0.223. The first-order valence-electron chi connectivity index (χ1n) is 12.6. The van der Waals surface area contributed by atoms with Crippen molar-refractivity contribution >= 4 is 40.9 Å². The Morgan fingerprint density at radius 1 is 1.11 bits per heavy atom. The number of amides is 3. The molecule has 3 unspecified atom stereocenters. The van der Waals surface area contributed by atoms with Crippen LogP contribution in [-0.4, -0.2) is 89.1 Å². The van der Waals surface area contributed by atoms with Crippen molar-refractivity contribution in [1.82, 2.24) is 30.5 Å². The summed E-state index contributed by atoms with van der Waals surface area (Å²) in [5, 5.41) is 10.8. The van der Waals surface area contributed by atoms with E-state index in [2.05, 4.69) is 20.7 Å². The molecule has 1 saturated carbocycles. The first-order chi connectivity index (χ1) is 17.9. The van der Waals surface area contributed by atoms with E-state index in [4.69, 9.17) is 27.7 Å². The van der Waals surface area contributed by atoms with E-state index in [-0.39, 0.29) is 48.0 Å². The highest BCUT2D eigenvalue weighted by Crippen LogP contribution is 2.32. The van der Waals surface area contributed by atoms with Gasteiger partial charge in [-0.1, -0.05) is 34.4 Å². The molecule has 0 radical (unpaired) electrons. The molecule has 2 aliphatic heterocycles. The van der Waals surface area contributed by atoms with Gasteiger partial charge in [0.2, 0.25) is 17.6 Å². The molecule has 0 bridgehead atoms. The molecule has 1 aromatic carbocycles. The van der Waals surface area contributed by atoms with Crippen molar-refractivity contribution in [3.05, 3.63) is 51.8 Å². The van der Waals surface area contributed by atoms with Crippen LogP contribution in [0.25, 0.3) is 0 Å². The molecular weight excluding hydrogens is 519 g/mol. The summed E-state index contributed by atoms with van der Waals surface area (Å²) in [6, 6.07) is 7.20. The zero-order valence-corrected chi connectivity index (χ0v) is 21.9. The van der Waals surface area contributed by atoms with E-state index < -0.39 is 0 Å². The van der Waals surface area contributed by atoms with E-state index in [1.54, 1.807) is 34.1 Å². The van der Waals surface area contributed by atoms with E-state index >= 15 is 0 Å². The van der Waals surface area contributed by atoms with Crippen molar-refractivity contribution in [3.63, 3.8) is 0 Å².